The van der Waals surface area contributed by atoms with Crippen molar-refractivity contribution in [3.05, 3.63) is 45.0 Å². The maximum atomic E-state index is 10.6. The summed E-state index contributed by atoms with van der Waals surface area (Å²) >= 11 is 5.77. The van der Waals surface area contributed by atoms with Crippen molar-refractivity contribution in [2.24, 2.45) is 0 Å². The first kappa shape index (κ1) is 10.7. The summed E-state index contributed by atoms with van der Waals surface area (Å²) in [5.41, 5.74) is 0.246. The SMILES string of the molecule is O=[N+]([O-])c1cccc(Cl)c1C=CCO. The minimum Gasteiger partial charge on any atom is -0.392 e. The quantitative estimate of drug-likeness (QED) is 0.619. The first-order chi connectivity index (χ1) is 6.66. The Morgan fingerprint density at radius 2 is 2.29 bits per heavy atom. The molecular weight excluding hydrogens is 206 g/mol. The molecule has 0 aliphatic heterocycles. The first-order valence-electron chi connectivity index (χ1n) is 3.87. The van der Waals surface area contributed by atoms with E-state index in [0.717, 1.165) is 0 Å². The van der Waals surface area contributed by atoms with Gasteiger partial charge < -0.3 is 5.11 Å². The Hall–Kier alpha value is -1.39. The molecule has 14 heavy (non-hydrogen) atoms. The Morgan fingerprint density at radius 3 is 2.86 bits per heavy atom. The van der Waals surface area contributed by atoms with E-state index in [1.165, 1.54) is 24.3 Å². The predicted molar refractivity (Wildman–Crippen MR) is 54.2 cm³/mol. The van der Waals surface area contributed by atoms with Gasteiger partial charge in [-0.2, -0.15) is 0 Å². The lowest BCUT2D eigenvalue weighted by atomic mass is 10.1. The average molecular weight is 214 g/mol. The number of rotatable bonds is 3. The normalized spacial score (nSPS) is 10.7. The van der Waals surface area contributed by atoms with Crippen LogP contribution in [-0.2, 0) is 0 Å². The van der Waals surface area contributed by atoms with Gasteiger partial charge in [0.2, 0.25) is 0 Å². The Bertz CT molecular complexity index is 376. The molecule has 0 bridgehead atoms. The Morgan fingerprint density at radius 1 is 1.57 bits per heavy atom. The van der Waals surface area contributed by atoms with Crippen LogP contribution in [0.1, 0.15) is 5.56 Å². The summed E-state index contributed by atoms with van der Waals surface area (Å²) in [5, 5.41) is 19.4. The number of benzene rings is 1. The van der Waals surface area contributed by atoms with Crippen molar-refractivity contribution in [3.63, 3.8) is 0 Å². The van der Waals surface area contributed by atoms with Crippen molar-refractivity contribution < 1.29 is 10.0 Å². The van der Waals surface area contributed by atoms with Crippen molar-refractivity contribution in [3.8, 4) is 0 Å². The minimum absolute atomic E-state index is 0.0674. The second-order valence-electron chi connectivity index (χ2n) is 2.51. The number of halogens is 1. The second kappa shape index (κ2) is 4.74. The van der Waals surface area contributed by atoms with E-state index in [1.807, 2.05) is 0 Å². The van der Waals surface area contributed by atoms with E-state index in [-0.39, 0.29) is 12.3 Å². The van der Waals surface area contributed by atoms with Gasteiger partial charge in [-0.3, -0.25) is 10.1 Å². The molecular formula is C9H8ClNO3. The van der Waals surface area contributed by atoms with Crippen LogP contribution in [-0.4, -0.2) is 16.6 Å². The van der Waals surface area contributed by atoms with Crippen molar-refractivity contribution in [1.29, 1.82) is 0 Å². The van der Waals surface area contributed by atoms with E-state index in [0.29, 0.717) is 10.6 Å². The largest absolute Gasteiger partial charge is 0.392 e. The molecule has 1 aromatic carbocycles. The maximum Gasteiger partial charge on any atom is 0.278 e. The highest BCUT2D eigenvalue weighted by molar-refractivity contribution is 6.32. The van der Waals surface area contributed by atoms with Gasteiger partial charge in [-0.15, -0.1) is 0 Å². The number of nitro groups is 1. The predicted octanol–water partition coefficient (Wildman–Crippen LogP) is 2.25. The average Bonchev–Trinajstić information content (AvgIpc) is 2.15. The summed E-state index contributed by atoms with van der Waals surface area (Å²) in [4.78, 5) is 10.1. The van der Waals surface area contributed by atoms with E-state index in [4.69, 9.17) is 16.7 Å². The maximum absolute atomic E-state index is 10.6. The molecule has 0 heterocycles. The van der Waals surface area contributed by atoms with Crippen LogP contribution in [0.2, 0.25) is 5.02 Å². The van der Waals surface area contributed by atoms with Crippen LogP contribution in [0.3, 0.4) is 0 Å². The van der Waals surface area contributed by atoms with Gasteiger partial charge in [-0.25, -0.2) is 0 Å². The molecule has 0 saturated heterocycles. The van der Waals surface area contributed by atoms with E-state index in [2.05, 4.69) is 0 Å². The van der Waals surface area contributed by atoms with Gasteiger partial charge in [0.25, 0.3) is 5.69 Å². The zero-order valence-electron chi connectivity index (χ0n) is 7.18. The van der Waals surface area contributed by atoms with E-state index in [1.54, 1.807) is 6.07 Å². The fourth-order valence-corrected chi connectivity index (χ4v) is 1.25. The number of aliphatic hydroxyl groups excluding tert-OH is 1. The van der Waals surface area contributed by atoms with E-state index >= 15 is 0 Å². The smallest absolute Gasteiger partial charge is 0.278 e. The van der Waals surface area contributed by atoms with Gasteiger partial charge in [-0.05, 0) is 12.1 Å². The van der Waals surface area contributed by atoms with E-state index < -0.39 is 4.92 Å². The van der Waals surface area contributed by atoms with Crippen molar-refractivity contribution in [2.75, 3.05) is 6.61 Å². The molecule has 1 N–H and O–H groups in total. The van der Waals surface area contributed by atoms with Crippen LogP contribution in [0.15, 0.2) is 24.3 Å². The lowest BCUT2D eigenvalue weighted by Crippen LogP contribution is -1.91. The molecule has 74 valence electrons. The molecule has 0 radical (unpaired) electrons. The Labute approximate surface area is 85.6 Å². The number of nitrogens with zero attached hydrogens (tertiary/aromatic N) is 1. The van der Waals surface area contributed by atoms with Crippen LogP contribution < -0.4 is 0 Å². The Kier molecular flexibility index (Phi) is 3.62. The van der Waals surface area contributed by atoms with Crippen molar-refractivity contribution in [2.45, 2.75) is 0 Å². The zero-order valence-corrected chi connectivity index (χ0v) is 7.94. The molecule has 0 unspecified atom stereocenters. The molecule has 0 saturated carbocycles. The van der Waals surface area contributed by atoms with Crippen LogP contribution in [0.5, 0.6) is 0 Å². The molecule has 1 aromatic rings. The zero-order chi connectivity index (χ0) is 10.6. The highest BCUT2D eigenvalue weighted by Crippen LogP contribution is 2.27. The molecule has 1 rings (SSSR count). The lowest BCUT2D eigenvalue weighted by molar-refractivity contribution is -0.385. The van der Waals surface area contributed by atoms with Crippen molar-refractivity contribution >= 4 is 23.4 Å². The number of nitro benzene ring substituents is 1. The number of hydrogen-bond acceptors (Lipinski definition) is 3. The highest BCUT2D eigenvalue weighted by atomic mass is 35.5. The Balaban J connectivity index is 3.22. The van der Waals surface area contributed by atoms with Crippen LogP contribution in [0.25, 0.3) is 6.08 Å². The fourth-order valence-electron chi connectivity index (χ4n) is 1.02. The molecule has 0 amide bonds. The molecule has 0 atom stereocenters. The standard InChI is InChI=1S/C9H8ClNO3/c10-8-4-1-5-9(11(13)14)7(8)3-2-6-12/h1-5,12H,6H2. The number of aliphatic hydroxyl groups is 1. The van der Waals surface area contributed by atoms with Gasteiger partial charge >= 0.3 is 0 Å². The summed E-state index contributed by atoms with van der Waals surface area (Å²) in [6.45, 7) is -0.178. The summed E-state index contributed by atoms with van der Waals surface area (Å²) in [5.74, 6) is 0. The molecule has 0 aliphatic rings. The van der Waals surface area contributed by atoms with E-state index in [9.17, 15) is 10.1 Å². The minimum atomic E-state index is -0.511. The summed E-state index contributed by atoms with van der Waals surface area (Å²) in [6, 6.07) is 4.44. The first-order valence-corrected chi connectivity index (χ1v) is 4.25. The second-order valence-corrected chi connectivity index (χ2v) is 2.92. The third-order valence-corrected chi connectivity index (χ3v) is 1.95. The highest BCUT2D eigenvalue weighted by Gasteiger charge is 2.13. The van der Waals surface area contributed by atoms with Crippen LogP contribution >= 0.6 is 11.6 Å². The summed E-state index contributed by atoms with van der Waals surface area (Å²) < 4.78 is 0. The van der Waals surface area contributed by atoms with Crippen LogP contribution in [0, 0.1) is 10.1 Å². The molecule has 4 nitrogen and oxygen atoms in total. The van der Waals surface area contributed by atoms with Gasteiger partial charge in [0.05, 0.1) is 22.1 Å². The van der Waals surface area contributed by atoms with Gasteiger partial charge in [-0.1, -0.05) is 23.7 Å². The monoisotopic (exact) mass is 213 g/mol. The molecule has 0 aliphatic carbocycles. The number of hydrogen-bond donors (Lipinski definition) is 1. The van der Waals surface area contributed by atoms with Gasteiger partial charge in [0.15, 0.2) is 0 Å². The van der Waals surface area contributed by atoms with Crippen LogP contribution in [0.4, 0.5) is 5.69 Å². The molecule has 0 fully saturated rings. The third kappa shape index (κ3) is 2.31. The summed E-state index contributed by atoms with van der Waals surface area (Å²) in [7, 11) is 0. The molecule has 0 aromatic heterocycles. The molecule has 5 heteroatoms. The fraction of sp³-hybridized carbons (Fsp3) is 0.111. The van der Waals surface area contributed by atoms with Gasteiger partial charge in [0.1, 0.15) is 0 Å². The third-order valence-electron chi connectivity index (χ3n) is 1.62. The summed E-state index contributed by atoms with van der Waals surface area (Å²) in [6.07, 6.45) is 2.83. The lowest BCUT2D eigenvalue weighted by Gasteiger charge is -1.99. The van der Waals surface area contributed by atoms with Gasteiger partial charge in [0, 0.05) is 6.07 Å². The van der Waals surface area contributed by atoms with Crippen molar-refractivity contribution in [1.82, 2.24) is 0 Å². The topological polar surface area (TPSA) is 63.4 Å². The molecule has 0 spiro atoms.